The van der Waals surface area contributed by atoms with E-state index in [9.17, 15) is 4.79 Å². The second kappa shape index (κ2) is 10.3. The smallest absolute Gasteiger partial charge is 0.410 e. The number of piperazine rings is 1. The molecule has 3 heterocycles. The molecule has 1 N–H and O–H groups in total. The number of aromatic nitrogens is 3. The number of nitrogens with one attached hydrogen (secondary N) is 1. The zero-order chi connectivity index (χ0) is 20.6. The van der Waals surface area contributed by atoms with Crippen molar-refractivity contribution in [3.05, 3.63) is 72.3 Å². The molecule has 0 spiro atoms. The summed E-state index contributed by atoms with van der Waals surface area (Å²) in [5.74, 6) is 1.52. The Morgan fingerprint density at radius 3 is 2.57 bits per heavy atom. The fourth-order valence-electron chi connectivity index (χ4n) is 3.29. The fourth-order valence-corrected chi connectivity index (χ4v) is 4.11. The van der Waals surface area contributed by atoms with Crippen molar-refractivity contribution < 1.29 is 9.53 Å². The van der Waals surface area contributed by atoms with E-state index < -0.39 is 0 Å². The number of carbonyl (C=O) groups is 1. The molecule has 0 radical (unpaired) electrons. The fraction of sp³-hybridized carbons (Fsp3) is 0.318. The molecule has 4 rings (SSSR count). The van der Waals surface area contributed by atoms with Crippen LogP contribution in [0, 0.1) is 0 Å². The number of imidazole rings is 1. The molecule has 0 unspecified atom stereocenters. The normalized spacial score (nSPS) is 14.6. The predicted molar refractivity (Wildman–Crippen MR) is 117 cm³/mol. The lowest BCUT2D eigenvalue weighted by molar-refractivity contribution is 0.107. The molecule has 1 aliphatic rings. The van der Waals surface area contributed by atoms with Crippen LogP contribution in [0.15, 0.2) is 66.2 Å². The SMILES string of the molecule is O=C(Oc1ccc(CCSc2ncc[nH]2)cc1)N1CCN(Cc2ccccn2)CC1. The van der Waals surface area contributed by atoms with E-state index in [4.69, 9.17) is 4.74 Å². The molecule has 0 saturated carbocycles. The Kier molecular flexibility index (Phi) is 6.99. The first kappa shape index (κ1) is 20.4. The van der Waals surface area contributed by atoms with Gasteiger partial charge in [-0.15, -0.1) is 0 Å². The van der Waals surface area contributed by atoms with Crippen LogP contribution in [0.4, 0.5) is 4.79 Å². The Labute approximate surface area is 180 Å². The minimum absolute atomic E-state index is 0.284. The van der Waals surface area contributed by atoms with Gasteiger partial charge in [0.15, 0.2) is 5.16 Å². The number of pyridine rings is 1. The Balaban J connectivity index is 1.19. The average molecular weight is 424 g/mol. The largest absolute Gasteiger partial charge is 0.415 e. The van der Waals surface area contributed by atoms with Crippen LogP contribution in [0.3, 0.4) is 0 Å². The third kappa shape index (κ3) is 5.84. The molecule has 1 aromatic carbocycles. The summed E-state index contributed by atoms with van der Waals surface area (Å²) in [5.41, 5.74) is 2.26. The highest BCUT2D eigenvalue weighted by atomic mass is 32.2. The van der Waals surface area contributed by atoms with Crippen molar-refractivity contribution in [3.8, 4) is 5.75 Å². The highest BCUT2D eigenvalue weighted by Gasteiger charge is 2.22. The van der Waals surface area contributed by atoms with Crippen molar-refractivity contribution in [3.63, 3.8) is 0 Å². The summed E-state index contributed by atoms with van der Waals surface area (Å²) in [7, 11) is 0. The number of thioether (sulfide) groups is 1. The summed E-state index contributed by atoms with van der Waals surface area (Å²) < 4.78 is 5.56. The minimum atomic E-state index is -0.284. The molecule has 1 saturated heterocycles. The lowest BCUT2D eigenvalue weighted by atomic mass is 10.2. The van der Waals surface area contributed by atoms with Crippen LogP contribution in [-0.2, 0) is 13.0 Å². The van der Waals surface area contributed by atoms with Gasteiger partial charge in [0.1, 0.15) is 5.75 Å². The third-order valence-electron chi connectivity index (χ3n) is 4.97. The van der Waals surface area contributed by atoms with Gasteiger partial charge in [0, 0.05) is 57.1 Å². The number of rotatable bonds is 7. The second-order valence-corrected chi connectivity index (χ2v) is 8.17. The number of amides is 1. The van der Waals surface area contributed by atoms with E-state index in [0.717, 1.165) is 42.7 Å². The summed E-state index contributed by atoms with van der Waals surface area (Å²) >= 11 is 1.69. The first-order valence-electron chi connectivity index (χ1n) is 10.1. The monoisotopic (exact) mass is 423 g/mol. The lowest BCUT2D eigenvalue weighted by Crippen LogP contribution is -2.49. The number of aryl methyl sites for hydroxylation is 1. The van der Waals surface area contributed by atoms with E-state index in [0.29, 0.717) is 18.8 Å². The lowest BCUT2D eigenvalue weighted by Gasteiger charge is -2.33. The zero-order valence-electron chi connectivity index (χ0n) is 16.7. The number of H-pyrrole nitrogens is 1. The molecular formula is C22H25N5O2S. The molecule has 156 valence electrons. The Morgan fingerprint density at radius 1 is 1.03 bits per heavy atom. The van der Waals surface area contributed by atoms with Gasteiger partial charge >= 0.3 is 6.09 Å². The number of hydrogen-bond acceptors (Lipinski definition) is 6. The highest BCUT2D eigenvalue weighted by molar-refractivity contribution is 7.99. The van der Waals surface area contributed by atoms with Crippen molar-refractivity contribution in [2.24, 2.45) is 0 Å². The Morgan fingerprint density at radius 2 is 1.87 bits per heavy atom. The van der Waals surface area contributed by atoms with Crippen LogP contribution < -0.4 is 4.74 Å². The van der Waals surface area contributed by atoms with Gasteiger partial charge in [-0.25, -0.2) is 9.78 Å². The number of nitrogens with zero attached hydrogens (tertiary/aromatic N) is 4. The summed E-state index contributed by atoms with van der Waals surface area (Å²) in [4.78, 5) is 28.2. The van der Waals surface area contributed by atoms with Crippen LogP contribution in [-0.4, -0.2) is 62.8 Å². The van der Waals surface area contributed by atoms with E-state index in [2.05, 4.69) is 19.9 Å². The van der Waals surface area contributed by atoms with Gasteiger partial charge in [-0.1, -0.05) is 30.0 Å². The van der Waals surface area contributed by atoms with Crippen LogP contribution in [0.25, 0.3) is 0 Å². The van der Waals surface area contributed by atoms with Gasteiger partial charge in [0.05, 0.1) is 5.69 Å². The number of hydrogen-bond donors (Lipinski definition) is 1. The summed E-state index contributed by atoms with van der Waals surface area (Å²) in [6.07, 6.45) is 6.04. The van der Waals surface area contributed by atoms with Gasteiger partial charge in [0.25, 0.3) is 0 Å². The number of ether oxygens (including phenoxy) is 1. The summed E-state index contributed by atoms with van der Waals surface area (Å²) in [5, 5.41) is 0.931. The minimum Gasteiger partial charge on any atom is -0.410 e. The van der Waals surface area contributed by atoms with E-state index >= 15 is 0 Å². The first-order valence-corrected chi connectivity index (χ1v) is 11.0. The Hall–Kier alpha value is -2.84. The molecule has 1 fully saturated rings. The molecule has 0 bridgehead atoms. The van der Waals surface area contributed by atoms with Crippen molar-refractivity contribution >= 4 is 17.9 Å². The number of benzene rings is 1. The van der Waals surface area contributed by atoms with Crippen molar-refractivity contribution in [1.82, 2.24) is 24.8 Å². The number of carbonyl (C=O) groups excluding carboxylic acids is 1. The maximum atomic E-state index is 12.5. The van der Waals surface area contributed by atoms with E-state index in [1.54, 1.807) is 22.9 Å². The van der Waals surface area contributed by atoms with E-state index in [1.165, 1.54) is 5.56 Å². The standard InChI is InChI=1S/C22H25N5O2S/c28-22(27-14-12-26(13-15-27)17-19-3-1-2-9-23-19)29-20-6-4-18(5-7-20)8-16-30-21-24-10-11-25-21/h1-7,9-11H,8,12-17H2,(H,24,25). The van der Waals surface area contributed by atoms with Gasteiger partial charge < -0.3 is 14.6 Å². The van der Waals surface area contributed by atoms with Gasteiger partial charge in [-0.05, 0) is 36.2 Å². The second-order valence-electron chi connectivity index (χ2n) is 7.09. The van der Waals surface area contributed by atoms with Gasteiger partial charge in [0.2, 0.25) is 0 Å². The third-order valence-corrected chi connectivity index (χ3v) is 5.88. The first-order chi connectivity index (χ1) is 14.8. The zero-order valence-corrected chi connectivity index (χ0v) is 17.6. The van der Waals surface area contributed by atoms with Crippen LogP contribution in [0.2, 0.25) is 0 Å². The van der Waals surface area contributed by atoms with Gasteiger partial charge in [-0.3, -0.25) is 9.88 Å². The molecule has 3 aromatic rings. The van der Waals surface area contributed by atoms with E-state index in [1.807, 2.05) is 54.9 Å². The van der Waals surface area contributed by atoms with Gasteiger partial charge in [-0.2, -0.15) is 0 Å². The van der Waals surface area contributed by atoms with Crippen LogP contribution in [0.5, 0.6) is 5.75 Å². The maximum absolute atomic E-state index is 12.5. The average Bonchev–Trinajstić information content (AvgIpc) is 3.30. The maximum Gasteiger partial charge on any atom is 0.415 e. The van der Waals surface area contributed by atoms with E-state index in [-0.39, 0.29) is 6.09 Å². The molecule has 0 aliphatic carbocycles. The van der Waals surface area contributed by atoms with Crippen molar-refractivity contribution in [1.29, 1.82) is 0 Å². The van der Waals surface area contributed by atoms with Crippen LogP contribution >= 0.6 is 11.8 Å². The number of aromatic amines is 1. The summed E-state index contributed by atoms with van der Waals surface area (Å²) in [6, 6.07) is 13.7. The molecule has 7 nitrogen and oxygen atoms in total. The van der Waals surface area contributed by atoms with Crippen LogP contribution in [0.1, 0.15) is 11.3 Å². The highest BCUT2D eigenvalue weighted by Crippen LogP contribution is 2.18. The van der Waals surface area contributed by atoms with Crippen molar-refractivity contribution in [2.45, 2.75) is 18.1 Å². The topological polar surface area (TPSA) is 74.3 Å². The Bertz CT molecular complexity index is 910. The summed E-state index contributed by atoms with van der Waals surface area (Å²) in [6.45, 7) is 3.76. The molecule has 2 aromatic heterocycles. The molecule has 8 heteroatoms. The quantitative estimate of drug-likeness (QED) is 0.587. The van der Waals surface area contributed by atoms with Crippen molar-refractivity contribution in [2.75, 3.05) is 31.9 Å². The predicted octanol–water partition coefficient (Wildman–Crippen LogP) is 3.46. The molecule has 1 aliphatic heterocycles. The molecule has 1 amide bonds. The molecule has 0 atom stereocenters. The molecular weight excluding hydrogens is 398 g/mol. The molecule has 30 heavy (non-hydrogen) atoms.